The molecule has 1 aromatic carbocycles. The third kappa shape index (κ3) is 8.29. The number of aryl methyl sites for hydroxylation is 1. The van der Waals surface area contributed by atoms with Crippen LogP contribution in [0.4, 0.5) is 5.69 Å². The van der Waals surface area contributed by atoms with E-state index in [1.807, 2.05) is 18.2 Å². The molecule has 166 valence electrons. The molecule has 0 unspecified atom stereocenters. The summed E-state index contributed by atoms with van der Waals surface area (Å²) in [6.07, 6.45) is 4.96. The first-order valence-electron chi connectivity index (χ1n) is 10.2. The lowest BCUT2D eigenvalue weighted by molar-refractivity contribution is -0.384. The topological polar surface area (TPSA) is 106 Å². The fourth-order valence-electron chi connectivity index (χ4n) is 3.15. The van der Waals surface area contributed by atoms with Crippen LogP contribution in [0.1, 0.15) is 62.5 Å². The Morgan fingerprint density at radius 1 is 1.20 bits per heavy atom. The third-order valence-electron chi connectivity index (χ3n) is 4.97. The van der Waals surface area contributed by atoms with Gasteiger partial charge in [-0.3, -0.25) is 15.1 Å². The molecule has 2 N–H and O–H groups in total. The number of aliphatic imine (C=N–C) groups is 1. The summed E-state index contributed by atoms with van der Waals surface area (Å²) >= 11 is 0. The van der Waals surface area contributed by atoms with Gasteiger partial charge >= 0.3 is 0 Å². The van der Waals surface area contributed by atoms with Crippen molar-refractivity contribution in [3.05, 3.63) is 57.5 Å². The van der Waals surface area contributed by atoms with Crippen molar-refractivity contribution in [2.75, 3.05) is 13.6 Å². The Bertz CT molecular complexity index is 788. The van der Waals surface area contributed by atoms with Crippen molar-refractivity contribution in [1.82, 2.24) is 15.8 Å². The minimum atomic E-state index is -0.377. The van der Waals surface area contributed by atoms with Crippen molar-refractivity contribution in [2.24, 2.45) is 4.99 Å². The maximum absolute atomic E-state index is 10.7. The fraction of sp³-hybridized carbons (Fsp3) is 0.524. The number of hydrogen-bond donors (Lipinski definition) is 2. The van der Waals surface area contributed by atoms with E-state index < -0.39 is 0 Å². The molecule has 0 atom stereocenters. The molecule has 0 bridgehead atoms. The number of unbranched alkanes of at least 4 members (excludes halogenated alkanes) is 1. The SMILES string of the molecule is CCC(CC)c1cc(CNC(=NC)NCCCCc2ccc([N+](=O)[O-])cc2)on1.I. The van der Waals surface area contributed by atoms with Crippen LogP contribution >= 0.6 is 24.0 Å². The summed E-state index contributed by atoms with van der Waals surface area (Å²) in [5.41, 5.74) is 2.25. The molecule has 0 saturated carbocycles. The molecule has 0 aliphatic carbocycles. The fourth-order valence-corrected chi connectivity index (χ4v) is 3.15. The number of nitro benzene ring substituents is 1. The summed E-state index contributed by atoms with van der Waals surface area (Å²) in [7, 11) is 1.74. The summed E-state index contributed by atoms with van der Waals surface area (Å²) in [4.78, 5) is 14.5. The van der Waals surface area contributed by atoms with Gasteiger partial charge in [-0.2, -0.15) is 0 Å². The van der Waals surface area contributed by atoms with Crippen molar-refractivity contribution in [1.29, 1.82) is 0 Å². The van der Waals surface area contributed by atoms with E-state index in [0.717, 1.165) is 61.6 Å². The van der Waals surface area contributed by atoms with Crippen LogP contribution in [-0.2, 0) is 13.0 Å². The molecular formula is C21H32IN5O3. The van der Waals surface area contributed by atoms with Gasteiger partial charge in [0, 0.05) is 37.7 Å². The molecule has 9 heteroatoms. The van der Waals surface area contributed by atoms with Gasteiger partial charge in [-0.05, 0) is 37.7 Å². The Kier molecular flexibility index (Phi) is 12.0. The summed E-state index contributed by atoms with van der Waals surface area (Å²) in [5, 5.41) is 21.4. The number of nitrogens with zero attached hydrogens (tertiary/aromatic N) is 3. The number of benzene rings is 1. The largest absolute Gasteiger partial charge is 0.359 e. The van der Waals surface area contributed by atoms with Gasteiger partial charge in [-0.15, -0.1) is 24.0 Å². The lowest BCUT2D eigenvalue weighted by Gasteiger charge is -2.10. The Morgan fingerprint density at radius 3 is 2.50 bits per heavy atom. The average molecular weight is 529 g/mol. The van der Waals surface area contributed by atoms with Crippen molar-refractivity contribution in [2.45, 2.75) is 58.4 Å². The zero-order chi connectivity index (χ0) is 21.1. The Labute approximate surface area is 195 Å². The van der Waals surface area contributed by atoms with E-state index in [-0.39, 0.29) is 34.6 Å². The maximum Gasteiger partial charge on any atom is 0.269 e. The molecule has 30 heavy (non-hydrogen) atoms. The van der Waals surface area contributed by atoms with Gasteiger partial charge in [0.2, 0.25) is 0 Å². The van der Waals surface area contributed by atoms with E-state index in [1.54, 1.807) is 19.2 Å². The Balaban J connectivity index is 0.00000450. The van der Waals surface area contributed by atoms with Gasteiger partial charge in [0.15, 0.2) is 11.7 Å². The third-order valence-corrected chi connectivity index (χ3v) is 4.97. The Hall–Kier alpha value is -2.17. The highest BCUT2D eigenvalue weighted by atomic mass is 127. The molecule has 2 aromatic rings. The van der Waals surface area contributed by atoms with E-state index in [1.165, 1.54) is 0 Å². The van der Waals surface area contributed by atoms with Crippen molar-refractivity contribution in [3.63, 3.8) is 0 Å². The van der Waals surface area contributed by atoms with Crippen LogP contribution in [-0.4, -0.2) is 29.6 Å². The molecule has 1 heterocycles. The van der Waals surface area contributed by atoms with Crippen LogP contribution < -0.4 is 10.6 Å². The zero-order valence-electron chi connectivity index (χ0n) is 17.9. The second-order valence-corrected chi connectivity index (χ2v) is 6.96. The van der Waals surface area contributed by atoms with Crippen LogP contribution in [0.15, 0.2) is 39.8 Å². The molecule has 0 saturated heterocycles. The zero-order valence-corrected chi connectivity index (χ0v) is 20.2. The smallest absolute Gasteiger partial charge is 0.269 e. The van der Waals surface area contributed by atoms with Crippen molar-refractivity contribution in [3.8, 4) is 0 Å². The van der Waals surface area contributed by atoms with Gasteiger partial charge in [0.25, 0.3) is 5.69 Å². The molecular weight excluding hydrogens is 497 g/mol. The number of halogens is 1. The van der Waals surface area contributed by atoms with Crippen LogP contribution in [0.25, 0.3) is 0 Å². The molecule has 0 radical (unpaired) electrons. The van der Waals surface area contributed by atoms with Crippen molar-refractivity contribution >= 4 is 35.6 Å². The first-order chi connectivity index (χ1) is 14.1. The summed E-state index contributed by atoms with van der Waals surface area (Å²) in [5.74, 6) is 1.97. The highest BCUT2D eigenvalue weighted by Gasteiger charge is 2.13. The number of nitro groups is 1. The first-order valence-corrected chi connectivity index (χ1v) is 10.2. The van der Waals surface area contributed by atoms with Gasteiger partial charge in [-0.1, -0.05) is 31.1 Å². The van der Waals surface area contributed by atoms with Gasteiger partial charge in [0.1, 0.15) is 0 Å². The van der Waals surface area contributed by atoms with Crippen LogP contribution in [0.3, 0.4) is 0 Å². The van der Waals surface area contributed by atoms with Crippen LogP contribution in [0, 0.1) is 10.1 Å². The summed E-state index contributed by atoms with van der Waals surface area (Å²) < 4.78 is 5.42. The summed E-state index contributed by atoms with van der Waals surface area (Å²) in [6, 6.07) is 8.76. The van der Waals surface area contributed by atoms with E-state index in [0.29, 0.717) is 12.5 Å². The van der Waals surface area contributed by atoms with Gasteiger partial charge < -0.3 is 15.2 Å². The minimum absolute atomic E-state index is 0. The molecule has 0 fully saturated rings. The number of hydrogen-bond acceptors (Lipinski definition) is 5. The number of nitrogens with one attached hydrogen (secondary N) is 2. The first kappa shape index (κ1) is 25.9. The quantitative estimate of drug-likeness (QED) is 0.108. The van der Waals surface area contributed by atoms with E-state index >= 15 is 0 Å². The average Bonchev–Trinajstić information content (AvgIpc) is 3.20. The summed E-state index contributed by atoms with van der Waals surface area (Å²) in [6.45, 7) is 5.65. The standard InChI is InChI=1S/C21H31N5O3.HI/c1-4-17(5-2)20-14-19(29-25-20)15-24-21(22-3)23-13-7-6-8-16-9-11-18(12-10-16)26(27)28;/h9-12,14,17H,4-8,13,15H2,1-3H3,(H2,22,23,24);1H. The molecule has 1 aromatic heterocycles. The minimum Gasteiger partial charge on any atom is -0.359 e. The molecule has 0 aliphatic heterocycles. The van der Waals surface area contributed by atoms with Crippen LogP contribution in [0.2, 0.25) is 0 Å². The number of rotatable bonds is 11. The lowest BCUT2D eigenvalue weighted by atomic mass is 9.99. The van der Waals surface area contributed by atoms with E-state index in [9.17, 15) is 10.1 Å². The van der Waals surface area contributed by atoms with Gasteiger partial charge in [0.05, 0.1) is 17.2 Å². The Morgan fingerprint density at radius 2 is 1.90 bits per heavy atom. The molecule has 8 nitrogen and oxygen atoms in total. The highest BCUT2D eigenvalue weighted by molar-refractivity contribution is 14.0. The molecule has 0 amide bonds. The monoisotopic (exact) mass is 529 g/mol. The molecule has 0 spiro atoms. The second-order valence-electron chi connectivity index (χ2n) is 6.96. The lowest BCUT2D eigenvalue weighted by Crippen LogP contribution is -2.37. The maximum atomic E-state index is 10.7. The van der Waals surface area contributed by atoms with E-state index in [2.05, 4.69) is 34.6 Å². The highest BCUT2D eigenvalue weighted by Crippen LogP contribution is 2.22. The van der Waals surface area contributed by atoms with Crippen molar-refractivity contribution < 1.29 is 9.45 Å². The predicted molar refractivity (Wildman–Crippen MR) is 129 cm³/mol. The predicted octanol–water partition coefficient (Wildman–Crippen LogP) is 4.79. The van der Waals surface area contributed by atoms with Gasteiger partial charge in [-0.25, -0.2) is 0 Å². The number of non-ortho nitro benzene ring substituents is 1. The normalized spacial score (nSPS) is 11.3. The number of guanidine groups is 1. The van der Waals surface area contributed by atoms with E-state index in [4.69, 9.17) is 4.52 Å². The second kappa shape index (κ2) is 13.9. The molecule has 0 aliphatic rings. The number of aromatic nitrogens is 1. The molecule has 2 rings (SSSR count). The van der Waals surface area contributed by atoms with Crippen LogP contribution in [0.5, 0.6) is 0 Å².